The molecule has 6 nitrogen and oxygen atoms in total. The zero-order valence-electron chi connectivity index (χ0n) is 14.8. The van der Waals surface area contributed by atoms with E-state index in [1.807, 2.05) is 0 Å². The maximum atomic E-state index is 12.8. The van der Waals surface area contributed by atoms with Gasteiger partial charge in [-0.2, -0.15) is 13.2 Å². The van der Waals surface area contributed by atoms with Crippen molar-refractivity contribution in [3.8, 4) is 0 Å². The summed E-state index contributed by atoms with van der Waals surface area (Å²) in [5.74, 6) is -0.133. The van der Waals surface area contributed by atoms with Crippen LogP contribution in [0.1, 0.15) is 36.3 Å². The van der Waals surface area contributed by atoms with Crippen LogP contribution in [0.3, 0.4) is 0 Å². The van der Waals surface area contributed by atoms with Crippen molar-refractivity contribution in [3.63, 3.8) is 0 Å². The van der Waals surface area contributed by atoms with Gasteiger partial charge in [0, 0.05) is 31.1 Å². The summed E-state index contributed by atoms with van der Waals surface area (Å²) in [4.78, 5) is 14.0. The van der Waals surface area contributed by atoms with Crippen LogP contribution in [0, 0.1) is 0 Å². The molecule has 0 aromatic heterocycles. The zero-order valence-corrected chi connectivity index (χ0v) is 15.6. The van der Waals surface area contributed by atoms with E-state index in [0.29, 0.717) is 31.4 Å². The molecule has 1 aromatic carbocycles. The van der Waals surface area contributed by atoms with Crippen LogP contribution >= 0.6 is 0 Å². The number of benzene rings is 1. The third-order valence-corrected chi connectivity index (χ3v) is 5.59. The molecule has 2 amide bonds. The molecule has 1 heterocycles. The molecule has 0 radical (unpaired) electrons. The maximum absolute atomic E-state index is 12.8. The summed E-state index contributed by atoms with van der Waals surface area (Å²) in [5.41, 5.74) is -0.131. The monoisotopic (exact) mass is 405 g/mol. The van der Waals surface area contributed by atoms with Crippen LogP contribution in [-0.4, -0.2) is 50.8 Å². The Morgan fingerprint density at radius 3 is 2.70 bits per heavy atom. The summed E-state index contributed by atoms with van der Waals surface area (Å²) in [6.07, 6.45) is -1.38. The SMILES string of the molecule is CS(=O)(=O)NC1CCCN(C(=O)N[C@@H]2C[C@H]2c2cccc(C(F)(F)F)c2)C1. The summed E-state index contributed by atoms with van der Waals surface area (Å²) in [5, 5.41) is 2.84. The normalized spacial score (nSPS) is 25.9. The Kier molecular flexibility index (Phi) is 5.40. The average Bonchev–Trinajstić information content (AvgIpc) is 3.32. The Bertz CT molecular complexity index is 813. The molecule has 1 unspecified atom stereocenters. The molecular formula is C17H22F3N3O3S. The Balaban J connectivity index is 1.56. The highest BCUT2D eigenvalue weighted by Gasteiger charge is 2.42. The van der Waals surface area contributed by atoms with Gasteiger partial charge < -0.3 is 10.2 Å². The van der Waals surface area contributed by atoms with Gasteiger partial charge >= 0.3 is 12.2 Å². The number of nitrogens with one attached hydrogen (secondary N) is 2. The molecule has 10 heteroatoms. The second kappa shape index (κ2) is 7.31. The zero-order chi connectivity index (χ0) is 19.8. The van der Waals surface area contributed by atoms with Crippen LogP contribution in [0.2, 0.25) is 0 Å². The molecule has 27 heavy (non-hydrogen) atoms. The fourth-order valence-corrected chi connectivity index (χ4v) is 4.28. The van der Waals surface area contributed by atoms with E-state index in [1.165, 1.54) is 6.07 Å². The van der Waals surface area contributed by atoms with E-state index < -0.39 is 21.8 Å². The smallest absolute Gasteiger partial charge is 0.335 e. The summed E-state index contributed by atoms with van der Waals surface area (Å²) in [6.45, 7) is 0.800. The van der Waals surface area contributed by atoms with Crippen molar-refractivity contribution in [2.45, 2.75) is 43.4 Å². The topological polar surface area (TPSA) is 78.5 Å². The van der Waals surface area contributed by atoms with Gasteiger partial charge in [0.25, 0.3) is 0 Å². The van der Waals surface area contributed by atoms with E-state index in [0.717, 1.165) is 18.4 Å². The molecule has 3 atom stereocenters. The molecule has 2 aliphatic rings. The number of hydrogen-bond donors (Lipinski definition) is 2. The third-order valence-electron chi connectivity index (χ3n) is 4.83. The van der Waals surface area contributed by atoms with Crippen molar-refractivity contribution in [3.05, 3.63) is 35.4 Å². The van der Waals surface area contributed by atoms with Crippen molar-refractivity contribution < 1.29 is 26.4 Å². The first-order chi connectivity index (χ1) is 12.5. The van der Waals surface area contributed by atoms with Gasteiger partial charge in [0.15, 0.2) is 0 Å². The highest BCUT2D eigenvalue weighted by molar-refractivity contribution is 7.88. The number of alkyl halides is 3. The fraction of sp³-hybridized carbons (Fsp3) is 0.588. The molecular weight excluding hydrogens is 383 g/mol. The van der Waals surface area contributed by atoms with Gasteiger partial charge in [-0.05, 0) is 30.9 Å². The Morgan fingerprint density at radius 1 is 1.30 bits per heavy atom. The van der Waals surface area contributed by atoms with Gasteiger partial charge in [-0.15, -0.1) is 0 Å². The summed E-state index contributed by atoms with van der Waals surface area (Å²) in [7, 11) is -3.34. The van der Waals surface area contributed by atoms with Crippen LogP contribution < -0.4 is 10.0 Å². The number of halogens is 3. The second-order valence-electron chi connectivity index (χ2n) is 7.20. The summed E-state index contributed by atoms with van der Waals surface area (Å²) < 4.78 is 63.7. The Labute approximate surface area is 156 Å². The lowest BCUT2D eigenvalue weighted by Crippen LogP contribution is -2.52. The first kappa shape index (κ1) is 19.9. The van der Waals surface area contributed by atoms with Crippen molar-refractivity contribution in [1.82, 2.24) is 14.9 Å². The van der Waals surface area contributed by atoms with Crippen LogP contribution in [-0.2, 0) is 16.2 Å². The molecule has 1 aliphatic heterocycles. The first-order valence-electron chi connectivity index (χ1n) is 8.73. The lowest BCUT2D eigenvalue weighted by molar-refractivity contribution is -0.137. The number of piperidine rings is 1. The lowest BCUT2D eigenvalue weighted by Gasteiger charge is -2.32. The van der Waals surface area contributed by atoms with Gasteiger partial charge in [-0.25, -0.2) is 17.9 Å². The standard InChI is InChI=1S/C17H22F3N3O3S/c1-27(25,26)22-13-6-3-7-23(10-13)16(24)21-15-9-14(15)11-4-2-5-12(8-11)17(18,19)20/h2,4-5,8,13-15,22H,3,6-7,9-10H2,1H3,(H,21,24)/t13?,14-,15+/m0/s1. The van der Waals surface area contributed by atoms with Gasteiger partial charge in [0.2, 0.25) is 10.0 Å². The van der Waals surface area contributed by atoms with Gasteiger partial charge in [0.1, 0.15) is 0 Å². The molecule has 150 valence electrons. The van der Waals surface area contributed by atoms with Crippen LogP contribution in [0.25, 0.3) is 0 Å². The number of sulfonamides is 1. The minimum atomic E-state index is -4.39. The molecule has 1 saturated heterocycles. The number of urea groups is 1. The minimum absolute atomic E-state index is 0.133. The van der Waals surface area contributed by atoms with E-state index in [-0.39, 0.29) is 30.6 Å². The second-order valence-corrected chi connectivity index (χ2v) is 8.98. The molecule has 1 aliphatic carbocycles. The van der Waals surface area contributed by atoms with E-state index in [2.05, 4.69) is 10.0 Å². The number of amides is 2. The third kappa shape index (κ3) is 5.35. The van der Waals surface area contributed by atoms with Gasteiger partial charge in [-0.3, -0.25) is 0 Å². The average molecular weight is 405 g/mol. The van der Waals surface area contributed by atoms with Crippen molar-refractivity contribution in [1.29, 1.82) is 0 Å². The number of nitrogens with zero attached hydrogens (tertiary/aromatic N) is 1. The van der Waals surface area contributed by atoms with E-state index in [1.54, 1.807) is 11.0 Å². The largest absolute Gasteiger partial charge is 0.416 e. The number of hydrogen-bond acceptors (Lipinski definition) is 3. The highest BCUT2D eigenvalue weighted by Crippen LogP contribution is 2.42. The van der Waals surface area contributed by atoms with Crippen LogP contribution in [0.5, 0.6) is 0 Å². The number of rotatable bonds is 4. The number of likely N-dealkylation sites (tertiary alicyclic amines) is 1. The number of carbonyl (C=O) groups is 1. The van der Waals surface area contributed by atoms with Crippen molar-refractivity contribution in [2.75, 3.05) is 19.3 Å². The predicted molar refractivity (Wildman–Crippen MR) is 93.7 cm³/mol. The van der Waals surface area contributed by atoms with E-state index in [9.17, 15) is 26.4 Å². The summed E-state index contributed by atoms with van der Waals surface area (Å²) in [6, 6.07) is 4.34. The minimum Gasteiger partial charge on any atom is -0.335 e. The molecule has 1 aromatic rings. The van der Waals surface area contributed by atoms with Gasteiger partial charge in [0.05, 0.1) is 11.8 Å². The molecule has 0 bridgehead atoms. The highest BCUT2D eigenvalue weighted by atomic mass is 32.2. The lowest BCUT2D eigenvalue weighted by atomic mass is 10.1. The van der Waals surface area contributed by atoms with E-state index >= 15 is 0 Å². The molecule has 2 fully saturated rings. The molecule has 1 saturated carbocycles. The van der Waals surface area contributed by atoms with Crippen LogP contribution in [0.4, 0.5) is 18.0 Å². The molecule has 0 spiro atoms. The van der Waals surface area contributed by atoms with Crippen molar-refractivity contribution in [2.24, 2.45) is 0 Å². The van der Waals surface area contributed by atoms with Crippen LogP contribution in [0.15, 0.2) is 24.3 Å². The van der Waals surface area contributed by atoms with Crippen molar-refractivity contribution >= 4 is 16.1 Å². The van der Waals surface area contributed by atoms with E-state index in [4.69, 9.17) is 0 Å². The van der Waals surface area contributed by atoms with Gasteiger partial charge in [-0.1, -0.05) is 18.2 Å². The summed E-state index contributed by atoms with van der Waals surface area (Å²) >= 11 is 0. The Hall–Kier alpha value is -1.81. The quantitative estimate of drug-likeness (QED) is 0.807. The fourth-order valence-electron chi connectivity index (χ4n) is 3.48. The Morgan fingerprint density at radius 2 is 2.04 bits per heavy atom. The number of carbonyl (C=O) groups excluding carboxylic acids is 1. The predicted octanol–water partition coefficient (Wildman–Crippen LogP) is 2.28. The molecule has 2 N–H and O–H groups in total. The first-order valence-corrected chi connectivity index (χ1v) is 10.6. The molecule has 3 rings (SSSR count). The maximum Gasteiger partial charge on any atom is 0.416 e.